The number of carbonyl (C=O) groups is 1. The number of fused-ring (bicyclic) bond motifs is 1. The highest BCUT2D eigenvalue weighted by Gasteiger charge is 2.20. The first-order valence-corrected chi connectivity index (χ1v) is 11.5. The first-order valence-electron chi connectivity index (χ1n) is 11.5. The fourth-order valence-corrected chi connectivity index (χ4v) is 3.71. The molecule has 4 N–H and O–H groups in total. The zero-order valence-electron chi connectivity index (χ0n) is 21.4. The van der Waals surface area contributed by atoms with Crippen molar-refractivity contribution in [3.8, 4) is 17.0 Å². The second-order valence-electron chi connectivity index (χ2n) is 7.96. The summed E-state index contributed by atoms with van der Waals surface area (Å²) < 4.78 is 55.6. The van der Waals surface area contributed by atoms with Crippen LogP contribution in [0.15, 0.2) is 42.9 Å². The van der Waals surface area contributed by atoms with Crippen molar-refractivity contribution in [2.75, 3.05) is 38.8 Å². The number of hydrogen-bond donors (Lipinski definition) is 3. The number of imidazole rings is 1. The van der Waals surface area contributed by atoms with E-state index in [1.807, 2.05) is 0 Å². The molecule has 0 fully saturated rings. The fourth-order valence-electron chi connectivity index (χ4n) is 3.71. The van der Waals surface area contributed by atoms with Crippen molar-refractivity contribution >= 4 is 47.9 Å². The van der Waals surface area contributed by atoms with E-state index in [9.17, 15) is 13.6 Å². The summed E-state index contributed by atoms with van der Waals surface area (Å²) in [5, 5.41) is 2.86. The van der Waals surface area contributed by atoms with Gasteiger partial charge in [-0.3, -0.25) is 14.0 Å². The Labute approximate surface area is 239 Å². The van der Waals surface area contributed by atoms with E-state index in [1.165, 1.54) is 61.3 Å². The standard InChI is InChI=1S/C25H25F3N6O4.2ClH/c1-14-15(25(35)33-38-12-11-37-10-7-29)3-5-17(20(14)26)32-23-24-31-13-18(34(24)9-8-30-23)16-4-6-19(36-2)22(28)21(16)27;;/h3-6,8-9,13H,7,10-12,29H2,1-2H3,(H,30,32)(H,33,35);2*1H. The van der Waals surface area contributed by atoms with Crippen LogP contribution in [0.2, 0.25) is 0 Å². The summed E-state index contributed by atoms with van der Waals surface area (Å²) in [6.45, 7) is 2.53. The smallest absolute Gasteiger partial charge is 0.275 e. The number of rotatable bonds is 11. The summed E-state index contributed by atoms with van der Waals surface area (Å²) in [5.41, 5.74) is 8.18. The van der Waals surface area contributed by atoms with Crippen LogP contribution in [0.5, 0.6) is 5.75 Å². The van der Waals surface area contributed by atoms with Crippen LogP contribution < -0.4 is 21.3 Å². The van der Waals surface area contributed by atoms with Crippen LogP contribution in [0, 0.1) is 24.4 Å². The average molecular weight is 603 g/mol. The fraction of sp³-hybridized carbons (Fsp3) is 0.240. The van der Waals surface area contributed by atoms with Crippen molar-refractivity contribution in [3.05, 3.63) is 71.4 Å². The first kappa shape index (κ1) is 32.6. The number of nitrogens with zero attached hydrogens (tertiary/aromatic N) is 3. The van der Waals surface area contributed by atoms with Crippen LogP contribution in [0.1, 0.15) is 15.9 Å². The molecule has 0 aliphatic rings. The molecule has 0 atom stereocenters. The Bertz CT molecular complexity index is 1470. The third kappa shape index (κ3) is 6.74. The van der Waals surface area contributed by atoms with Gasteiger partial charge in [-0.2, -0.15) is 4.39 Å². The predicted molar refractivity (Wildman–Crippen MR) is 147 cm³/mol. The lowest BCUT2D eigenvalue weighted by Gasteiger charge is -2.13. The maximum Gasteiger partial charge on any atom is 0.275 e. The van der Waals surface area contributed by atoms with Crippen LogP contribution in [0.3, 0.4) is 0 Å². The number of hydrogen-bond acceptors (Lipinski definition) is 8. The molecule has 0 aliphatic heterocycles. The molecule has 15 heteroatoms. The summed E-state index contributed by atoms with van der Waals surface area (Å²) in [5.74, 6) is -3.61. The zero-order chi connectivity index (χ0) is 27.2. The topological polar surface area (TPSA) is 125 Å². The van der Waals surface area contributed by atoms with E-state index in [0.717, 1.165) is 0 Å². The number of nitrogens with one attached hydrogen (secondary N) is 2. The minimum atomic E-state index is -1.13. The van der Waals surface area contributed by atoms with Gasteiger partial charge in [0.05, 0.1) is 44.5 Å². The number of methoxy groups -OCH3 is 1. The van der Waals surface area contributed by atoms with Crippen molar-refractivity contribution in [1.82, 2.24) is 19.8 Å². The number of anilines is 2. The van der Waals surface area contributed by atoms with Gasteiger partial charge in [0, 0.05) is 30.1 Å². The van der Waals surface area contributed by atoms with E-state index in [2.05, 4.69) is 20.8 Å². The lowest BCUT2D eigenvalue weighted by atomic mass is 10.1. The van der Waals surface area contributed by atoms with Crippen molar-refractivity contribution < 1.29 is 32.3 Å². The zero-order valence-corrected chi connectivity index (χ0v) is 23.0. The third-order valence-corrected chi connectivity index (χ3v) is 5.61. The molecule has 0 aliphatic carbocycles. The molecule has 2 aromatic carbocycles. The van der Waals surface area contributed by atoms with Gasteiger partial charge in [-0.15, -0.1) is 24.8 Å². The normalized spacial score (nSPS) is 10.6. The molecule has 4 aromatic rings. The van der Waals surface area contributed by atoms with E-state index in [-0.39, 0.29) is 83.3 Å². The van der Waals surface area contributed by atoms with Crippen LogP contribution in [0.25, 0.3) is 16.9 Å². The summed E-state index contributed by atoms with van der Waals surface area (Å²) in [6, 6.07) is 5.48. The molecule has 0 unspecified atom stereocenters. The number of aromatic nitrogens is 3. The second kappa shape index (κ2) is 14.7. The molecule has 2 aromatic heterocycles. The van der Waals surface area contributed by atoms with Crippen LogP contribution in [-0.2, 0) is 9.57 Å². The predicted octanol–water partition coefficient (Wildman–Crippen LogP) is 4.35. The van der Waals surface area contributed by atoms with Gasteiger partial charge in [-0.05, 0) is 36.8 Å². The van der Waals surface area contributed by atoms with Crippen LogP contribution in [-0.4, -0.2) is 53.8 Å². The van der Waals surface area contributed by atoms with Crippen molar-refractivity contribution in [2.24, 2.45) is 5.73 Å². The van der Waals surface area contributed by atoms with Crippen molar-refractivity contribution in [3.63, 3.8) is 0 Å². The molecule has 0 saturated carbocycles. The molecular formula is C25H27Cl2F3N6O4. The summed E-state index contributed by atoms with van der Waals surface area (Å²) in [4.78, 5) is 25.9. The summed E-state index contributed by atoms with van der Waals surface area (Å²) in [6.07, 6.45) is 4.27. The van der Waals surface area contributed by atoms with E-state index < -0.39 is 23.4 Å². The molecule has 2 heterocycles. The SMILES string of the molecule is COc1ccc(-c2cnc3c(Nc4ccc(C(=O)NOCCOCCN)c(C)c4F)nccn23)c(F)c1F.Cl.Cl. The maximum atomic E-state index is 15.2. The minimum absolute atomic E-state index is 0. The lowest BCUT2D eigenvalue weighted by Crippen LogP contribution is -2.27. The highest BCUT2D eigenvalue weighted by Crippen LogP contribution is 2.32. The molecule has 0 saturated heterocycles. The number of nitrogens with two attached hydrogens (primary N) is 1. The quantitative estimate of drug-likeness (QED) is 0.171. The van der Waals surface area contributed by atoms with Gasteiger partial charge in [0.15, 0.2) is 23.0 Å². The molecule has 216 valence electrons. The Hall–Kier alpha value is -3.62. The number of hydroxylamine groups is 1. The van der Waals surface area contributed by atoms with E-state index in [0.29, 0.717) is 13.2 Å². The highest BCUT2D eigenvalue weighted by molar-refractivity contribution is 5.95. The lowest BCUT2D eigenvalue weighted by molar-refractivity contribution is 0.000732. The molecule has 0 spiro atoms. The van der Waals surface area contributed by atoms with Gasteiger partial charge in [-0.25, -0.2) is 24.2 Å². The first-order chi connectivity index (χ1) is 18.4. The Kier molecular flexibility index (Phi) is 12.0. The van der Waals surface area contributed by atoms with E-state index in [1.54, 1.807) is 0 Å². The number of halogens is 5. The average Bonchev–Trinajstić information content (AvgIpc) is 3.35. The van der Waals surface area contributed by atoms with E-state index >= 15 is 4.39 Å². The van der Waals surface area contributed by atoms with Gasteiger partial charge < -0.3 is 20.5 Å². The van der Waals surface area contributed by atoms with Gasteiger partial charge in [0.1, 0.15) is 5.82 Å². The number of benzene rings is 2. The minimum Gasteiger partial charge on any atom is -0.494 e. The largest absolute Gasteiger partial charge is 0.494 e. The Morgan fingerprint density at radius 2 is 1.80 bits per heavy atom. The molecular weight excluding hydrogens is 576 g/mol. The van der Waals surface area contributed by atoms with Crippen LogP contribution in [0.4, 0.5) is 24.7 Å². The maximum absolute atomic E-state index is 15.2. The Morgan fingerprint density at radius 3 is 2.52 bits per heavy atom. The Morgan fingerprint density at radius 1 is 1.02 bits per heavy atom. The molecule has 40 heavy (non-hydrogen) atoms. The summed E-state index contributed by atoms with van der Waals surface area (Å²) >= 11 is 0. The molecule has 4 rings (SSSR count). The number of ether oxygens (including phenoxy) is 2. The van der Waals surface area contributed by atoms with Crippen molar-refractivity contribution in [2.45, 2.75) is 6.92 Å². The molecule has 0 bridgehead atoms. The second-order valence-corrected chi connectivity index (χ2v) is 7.96. The van der Waals surface area contributed by atoms with Gasteiger partial charge in [0.2, 0.25) is 5.82 Å². The van der Waals surface area contributed by atoms with E-state index in [4.69, 9.17) is 20.0 Å². The molecule has 10 nitrogen and oxygen atoms in total. The van der Waals surface area contributed by atoms with Crippen LogP contribution >= 0.6 is 24.8 Å². The van der Waals surface area contributed by atoms with Gasteiger partial charge in [0.25, 0.3) is 5.91 Å². The highest BCUT2D eigenvalue weighted by atomic mass is 35.5. The van der Waals surface area contributed by atoms with Crippen molar-refractivity contribution in [1.29, 1.82) is 0 Å². The van der Waals surface area contributed by atoms with Gasteiger partial charge >= 0.3 is 0 Å². The van der Waals surface area contributed by atoms with Gasteiger partial charge in [-0.1, -0.05) is 0 Å². The molecule has 0 radical (unpaired) electrons. The number of amides is 1. The monoisotopic (exact) mass is 602 g/mol. The Balaban J connectivity index is 0.00000280. The molecule has 1 amide bonds. The third-order valence-electron chi connectivity index (χ3n) is 5.61. The number of carbonyl (C=O) groups excluding carboxylic acids is 1. The summed E-state index contributed by atoms with van der Waals surface area (Å²) in [7, 11) is 1.24.